The predicted molar refractivity (Wildman–Crippen MR) is 290 cm³/mol. The molecule has 0 radical (unpaired) electrons. The molecule has 0 unspecified atom stereocenters. The van der Waals surface area contributed by atoms with E-state index in [0.29, 0.717) is 41.8 Å². The highest BCUT2D eigenvalue weighted by atomic mass is 32.1. The minimum absolute atomic E-state index is 0.0328. The Labute approximate surface area is 449 Å². The van der Waals surface area contributed by atoms with Crippen molar-refractivity contribution < 1.29 is 42.5 Å². The van der Waals surface area contributed by atoms with Gasteiger partial charge in [-0.3, -0.25) is 19.2 Å². The number of halogens is 2. The molecule has 0 bridgehead atoms. The van der Waals surface area contributed by atoms with Crippen molar-refractivity contribution in [2.45, 2.75) is 135 Å². The summed E-state index contributed by atoms with van der Waals surface area (Å²) in [5.41, 5.74) is 4.61. The van der Waals surface area contributed by atoms with Gasteiger partial charge in [0.25, 0.3) is 5.92 Å². The van der Waals surface area contributed by atoms with Crippen LogP contribution in [0.1, 0.15) is 103 Å². The maximum atomic E-state index is 14.2. The van der Waals surface area contributed by atoms with Crippen LogP contribution in [0, 0.1) is 12.3 Å². The lowest BCUT2D eigenvalue weighted by molar-refractivity contribution is -0.144. The maximum Gasteiger partial charge on any atom is 0.251 e. The molecule has 4 amide bonds. The first-order valence-corrected chi connectivity index (χ1v) is 28.0. The Morgan fingerprint density at radius 1 is 0.895 bits per heavy atom. The van der Waals surface area contributed by atoms with E-state index in [1.54, 1.807) is 18.4 Å². The van der Waals surface area contributed by atoms with Gasteiger partial charge in [0, 0.05) is 102 Å². The zero-order valence-corrected chi connectivity index (χ0v) is 45.6. The number of fused-ring (bicyclic) bond motifs is 1. The van der Waals surface area contributed by atoms with Gasteiger partial charge in [-0.1, -0.05) is 45.0 Å². The van der Waals surface area contributed by atoms with Gasteiger partial charge < -0.3 is 55.4 Å². The number of β-amino-alcohol motifs (C(OH)–C–C–N with tert-alkyl or cyclic N) is 1. The molecule has 4 aliphatic heterocycles. The van der Waals surface area contributed by atoms with Crippen LogP contribution in [0.3, 0.4) is 0 Å². The highest BCUT2D eigenvalue weighted by molar-refractivity contribution is 7.13. The lowest BCUT2D eigenvalue weighted by atomic mass is 9.85. The molecule has 8 rings (SSSR count). The largest absolute Gasteiger partial charge is 0.493 e. The number of benzene rings is 2. The fraction of sp³-hybridized carbons (Fsp3) is 0.618. The maximum absolute atomic E-state index is 14.2. The molecule has 0 spiro atoms. The lowest BCUT2D eigenvalue weighted by Gasteiger charge is -2.35. The molecule has 2 aromatic carbocycles. The fourth-order valence-corrected chi connectivity index (χ4v) is 11.3. The lowest BCUT2D eigenvalue weighted by Crippen LogP contribution is -2.57. The summed E-state index contributed by atoms with van der Waals surface area (Å²) in [4.78, 5) is 77.0. The van der Waals surface area contributed by atoms with E-state index in [1.165, 1.54) is 17.7 Å². The first kappa shape index (κ1) is 56.4. The van der Waals surface area contributed by atoms with Crippen LogP contribution in [0.2, 0.25) is 0 Å². The number of carbonyl (C=O) groups is 4. The molecule has 0 aliphatic carbocycles. The van der Waals surface area contributed by atoms with Crippen LogP contribution in [-0.4, -0.2) is 168 Å². The van der Waals surface area contributed by atoms with Crippen molar-refractivity contribution in [3.05, 3.63) is 53.2 Å². The van der Waals surface area contributed by atoms with Crippen LogP contribution < -0.4 is 35.6 Å². The zero-order valence-electron chi connectivity index (χ0n) is 44.8. The standard InChI is InChI=1S/C55H77F2N11O7S/c1-36-48(76-35-60-36)38-13-11-37(12-14-38)33-59-51(72)43-30-40(69)34-68(43)52(73)49(54(2,3)4)63-47(71)15-20-58-46(70)10-8-23-66-25-16-39(17-26-66)61-50-41-31-44(74-5)45(75-29-9-24-65-21-6-7-22-65)32-42(41)62-53(64-50)67-27-18-55(56,57)19-28-67/h11-14,31-32,35,39-40,43,49,69H,6-10,15-30,33-34H2,1-5H3,(H,58,70)(H,59,72)(H,63,71)(H,61,62,64)/t40-,43+,49-/m1/s1. The Balaban J connectivity index is 0.772. The number of aryl methyl sites for hydroxylation is 1. The number of ether oxygens (including phenoxy) is 2. The number of methoxy groups -OCH3 is 1. The summed E-state index contributed by atoms with van der Waals surface area (Å²) < 4.78 is 40.4. The molecule has 21 heteroatoms. The van der Waals surface area contributed by atoms with E-state index < -0.39 is 41.3 Å². The number of likely N-dealkylation sites (tertiary alicyclic amines) is 3. The number of carbonyl (C=O) groups excluding carboxylic acids is 4. The molecule has 4 aromatic rings. The molecular formula is C55H77F2N11O7S. The van der Waals surface area contributed by atoms with Crippen molar-refractivity contribution >= 4 is 57.6 Å². The third kappa shape index (κ3) is 15.0. The van der Waals surface area contributed by atoms with Gasteiger partial charge in [-0.15, -0.1) is 11.3 Å². The van der Waals surface area contributed by atoms with Crippen molar-refractivity contribution in [3.8, 4) is 21.9 Å². The van der Waals surface area contributed by atoms with Gasteiger partial charge in [0.1, 0.15) is 17.9 Å². The fourth-order valence-electron chi connectivity index (χ4n) is 10.5. The summed E-state index contributed by atoms with van der Waals surface area (Å²) in [6.07, 6.45) is 4.55. The smallest absolute Gasteiger partial charge is 0.251 e. The SMILES string of the molecule is COc1cc2c(NC3CCN(CCCC(=O)NCCC(=O)N[C@H](C(=O)N4C[C@H](O)C[C@H]4C(=O)NCc4ccc(-c5scnc5C)cc4)C(C)(C)C)CC3)nc(N3CCC(F)(F)CC3)nc2cc1OCCCN1CCCC1. The van der Waals surface area contributed by atoms with Gasteiger partial charge in [-0.05, 0) is 87.7 Å². The molecular weight excluding hydrogens is 997 g/mol. The minimum Gasteiger partial charge on any atom is -0.493 e. The van der Waals surface area contributed by atoms with Crippen molar-refractivity contribution in [3.63, 3.8) is 0 Å². The normalized spacial score (nSPS) is 19.9. The summed E-state index contributed by atoms with van der Waals surface area (Å²) in [5, 5.41) is 23.7. The second kappa shape index (κ2) is 25.6. The summed E-state index contributed by atoms with van der Waals surface area (Å²) >= 11 is 1.57. The Kier molecular flexibility index (Phi) is 19.0. The van der Waals surface area contributed by atoms with Crippen molar-refractivity contribution in [1.82, 2.24) is 45.6 Å². The average molecular weight is 1070 g/mol. The van der Waals surface area contributed by atoms with Gasteiger partial charge in [0.2, 0.25) is 29.6 Å². The van der Waals surface area contributed by atoms with Crippen LogP contribution in [0.15, 0.2) is 41.9 Å². The Bertz CT molecular complexity index is 2610. The molecule has 5 N–H and O–H groups in total. The molecule has 2 aromatic heterocycles. The molecule has 414 valence electrons. The van der Waals surface area contributed by atoms with E-state index in [0.717, 1.165) is 85.6 Å². The van der Waals surface area contributed by atoms with Crippen LogP contribution >= 0.6 is 11.3 Å². The summed E-state index contributed by atoms with van der Waals surface area (Å²) in [5.74, 6) is -1.95. The Hall–Kier alpha value is -5.77. The minimum atomic E-state index is -2.70. The predicted octanol–water partition coefficient (Wildman–Crippen LogP) is 6.14. The molecule has 18 nitrogen and oxygen atoms in total. The second-order valence-electron chi connectivity index (χ2n) is 21.9. The number of amides is 4. The molecule has 4 fully saturated rings. The van der Waals surface area contributed by atoms with Crippen LogP contribution in [0.5, 0.6) is 11.5 Å². The van der Waals surface area contributed by atoms with E-state index in [9.17, 15) is 33.1 Å². The number of rotatable bonds is 22. The number of aliphatic hydroxyl groups excluding tert-OH is 1. The first-order valence-electron chi connectivity index (χ1n) is 27.1. The van der Waals surface area contributed by atoms with Gasteiger partial charge >= 0.3 is 0 Å². The van der Waals surface area contributed by atoms with Gasteiger partial charge in [-0.2, -0.15) is 4.98 Å². The number of piperidine rings is 2. The number of aromatic nitrogens is 3. The molecule has 0 saturated carbocycles. The number of nitrogens with one attached hydrogen (secondary N) is 4. The molecule has 4 saturated heterocycles. The average Bonchev–Trinajstić information content (AvgIpc) is 4.18. The Morgan fingerprint density at radius 3 is 2.29 bits per heavy atom. The van der Waals surface area contributed by atoms with Crippen LogP contribution in [0.25, 0.3) is 21.3 Å². The monoisotopic (exact) mass is 1070 g/mol. The van der Waals surface area contributed by atoms with Gasteiger partial charge in [0.15, 0.2) is 11.5 Å². The number of hydrogen-bond acceptors (Lipinski definition) is 15. The van der Waals surface area contributed by atoms with Gasteiger partial charge in [0.05, 0.1) is 41.4 Å². The molecule has 76 heavy (non-hydrogen) atoms. The first-order chi connectivity index (χ1) is 36.4. The van der Waals surface area contributed by atoms with Crippen molar-refractivity contribution in [2.75, 3.05) is 89.4 Å². The quantitative estimate of drug-likeness (QED) is 0.0561. The summed E-state index contributed by atoms with van der Waals surface area (Å²) in [6.45, 7) is 14.1. The number of hydrogen-bond donors (Lipinski definition) is 5. The topological polar surface area (TPSA) is 207 Å². The van der Waals surface area contributed by atoms with Crippen LogP contribution in [-0.2, 0) is 25.7 Å². The third-order valence-corrected chi connectivity index (χ3v) is 16.0. The summed E-state index contributed by atoms with van der Waals surface area (Å²) in [7, 11) is 1.61. The molecule has 6 heterocycles. The number of aliphatic hydroxyl groups is 1. The zero-order chi connectivity index (χ0) is 54.0. The number of alkyl halides is 2. The Morgan fingerprint density at radius 2 is 1.61 bits per heavy atom. The van der Waals surface area contributed by atoms with E-state index in [-0.39, 0.29) is 82.7 Å². The summed E-state index contributed by atoms with van der Waals surface area (Å²) in [6, 6.07) is 9.81. The molecule has 4 aliphatic rings. The number of anilines is 2. The van der Waals surface area contributed by atoms with E-state index >= 15 is 0 Å². The highest BCUT2D eigenvalue weighted by Crippen LogP contribution is 2.38. The number of thiazole rings is 1. The van der Waals surface area contributed by atoms with Crippen LogP contribution in [0.4, 0.5) is 20.5 Å². The second-order valence-corrected chi connectivity index (χ2v) is 22.7. The molecule has 3 atom stereocenters. The highest BCUT2D eigenvalue weighted by Gasteiger charge is 2.44. The van der Waals surface area contributed by atoms with E-state index in [2.05, 4.69) is 36.1 Å². The third-order valence-electron chi connectivity index (χ3n) is 15.0. The van der Waals surface area contributed by atoms with Gasteiger partial charge in [-0.25, -0.2) is 18.7 Å². The number of nitrogens with zero attached hydrogens (tertiary/aromatic N) is 7. The van der Waals surface area contributed by atoms with Crippen molar-refractivity contribution in [1.29, 1.82) is 0 Å². The van der Waals surface area contributed by atoms with E-state index in [1.807, 2.05) is 74.5 Å². The van der Waals surface area contributed by atoms with E-state index in [4.69, 9.17) is 19.4 Å². The van der Waals surface area contributed by atoms with Crippen molar-refractivity contribution in [2.24, 2.45) is 5.41 Å².